The molecule has 2 rings (SSSR count). The van der Waals surface area contributed by atoms with Gasteiger partial charge >= 0.3 is 0 Å². The van der Waals surface area contributed by atoms with Gasteiger partial charge < -0.3 is 9.47 Å². The molecule has 0 aliphatic rings. The number of hydrogen-bond acceptors (Lipinski definition) is 5. The van der Waals surface area contributed by atoms with Crippen LogP contribution in [0.25, 0.3) is 0 Å². The Morgan fingerprint density at radius 1 is 1.31 bits per heavy atom. The Kier molecular flexibility index (Phi) is 6.58. The highest BCUT2D eigenvalue weighted by molar-refractivity contribution is 7.71. The minimum atomic E-state index is -0.170. The summed E-state index contributed by atoms with van der Waals surface area (Å²) in [7, 11) is 1.63. The summed E-state index contributed by atoms with van der Waals surface area (Å²) in [5.41, 5.74) is 0.720. The molecule has 1 N–H and O–H groups in total. The monoisotopic (exact) mass is 376 g/mol. The Bertz CT molecular complexity index is 816. The summed E-state index contributed by atoms with van der Waals surface area (Å²) in [6.45, 7) is 11.2. The maximum absolute atomic E-state index is 5.82. The van der Waals surface area contributed by atoms with E-state index in [-0.39, 0.29) is 5.41 Å². The van der Waals surface area contributed by atoms with Gasteiger partial charge in [0.2, 0.25) is 4.77 Å². The van der Waals surface area contributed by atoms with Crippen LogP contribution in [0.2, 0.25) is 0 Å². The van der Waals surface area contributed by atoms with Crippen molar-refractivity contribution >= 4 is 18.4 Å². The molecule has 0 saturated carbocycles. The van der Waals surface area contributed by atoms with Gasteiger partial charge in [-0.15, -0.1) is 0 Å². The molecule has 7 heteroatoms. The first-order valence-electron chi connectivity index (χ1n) is 8.75. The summed E-state index contributed by atoms with van der Waals surface area (Å²) in [5, 5.41) is 11.6. The van der Waals surface area contributed by atoms with Crippen LogP contribution in [-0.2, 0) is 5.41 Å². The second-order valence-electron chi connectivity index (χ2n) is 7.60. The van der Waals surface area contributed by atoms with Crippen LogP contribution in [0.3, 0.4) is 0 Å². The zero-order valence-corrected chi connectivity index (χ0v) is 17.2. The van der Waals surface area contributed by atoms with E-state index >= 15 is 0 Å². The number of benzene rings is 1. The van der Waals surface area contributed by atoms with Crippen molar-refractivity contribution in [3.05, 3.63) is 34.4 Å². The van der Waals surface area contributed by atoms with Crippen molar-refractivity contribution in [3.63, 3.8) is 0 Å². The predicted octanol–water partition coefficient (Wildman–Crippen LogP) is 4.55. The van der Waals surface area contributed by atoms with E-state index in [1.54, 1.807) is 18.0 Å². The van der Waals surface area contributed by atoms with Crippen molar-refractivity contribution in [2.24, 2.45) is 11.0 Å². The number of hydrogen-bond donors (Lipinski definition) is 1. The molecular weight excluding hydrogens is 348 g/mol. The molecule has 0 aliphatic heterocycles. The van der Waals surface area contributed by atoms with Gasteiger partial charge in [0.05, 0.1) is 19.9 Å². The molecule has 0 radical (unpaired) electrons. The van der Waals surface area contributed by atoms with E-state index in [4.69, 9.17) is 21.7 Å². The Morgan fingerprint density at radius 2 is 2.04 bits per heavy atom. The molecule has 0 aliphatic carbocycles. The lowest BCUT2D eigenvalue weighted by molar-refractivity contribution is 0.273. The number of H-pyrrole nitrogens is 1. The molecule has 1 aromatic carbocycles. The number of nitrogens with zero attached hydrogens (tertiary/aromatic N) is 3. The molecule has 0 spiro atoms. The van der Waals surface area contributed by atoms with E-state index in [1.165, 1.54) is 0 Å². The fourth-order valence-corrected chi connectivity index (χ4v) is 2.48. The fraction of sp³-hybridized carbons (Fsp3) is 0.526. The minimum Gasteiger partial charge on any atom is -0.493 e. The zero-order valence-electron chi connectivity index (χ0n) is 16.4. The molecule has 2 aromatic rings. The van der Waals surface area contributed by atoms with Gasteiger partial charge in [-0.1, -0.05) is 34.6 Å². The first-order valence-corrected chi connectivity index (χ1v) is 9.16. The molecule has 0 atom stereocenters. The van der Waals surface area contributed by atoms with Crippen LogP contribution in [0.15, 0.2) is 23.3 Å². The van der Waals surface area contributed by atoms with E-state index in [0.29, 0.717) is 23.0 Å². The van der Waals surface area contributed by atoms with Gasteiger partial charge in [0, 0.05) is 5.41 Å². The van der Waals surface area contributed by atoms with E-state index in [2.05, 4.69) is 49.9 Å². The Morgan fingerprint density at radius 3 is 2.65 bits per heavy atom. The van der Waals surface area contributed by atoms with Gasteiger partial charge in [0.25, 0.3) is 0 Å². The molecule has 1 aromatic heterocycles. The number of aromatic nitrogens is 3. The van der Waals surface area contributed by atoms with Crippen molar-refractivity contribution in [2.75, 3.05) is 13.7 Å². The molecular formula is C19H28N4O2S. The Balaban J connectivity index is 2.22. The molecule has 0 saturated heterocycles. The average molecular weight is 377 g/mol. The SMILES string of the molecule is COc1cc(/C=N\n2c(C(C)(C)C)n[nH]c2=S)ccc1OCCC(C)C. The fourth-order valence-electron chi connectivity index (χ4n) is 2.30. The Hall–Kier alpha value is -2.15. The summed E-state index contributed by atoms with van der Waals surface area (Å²) >= 11 is 5.28. The van der Waals surface area contributed by atoms with Crippen molar-refractivity contribution < 1.29 is 9.47 Å². The topological polar surface area (TPSA) is 64.4 Å². The molecule has 0 bridgehead atoms. The summed E-state index contributed by atoms with van der Waals surface area (Å²) in [4.78, 5) is 0. The lowest BCUT2D eigenvalue weighted by atomic mass is 9.96. The highest BCUT2D eigenvalue weighted by Crippen LogP contribution is 2.28. The van der Waals surface area contributed by atoms with Gasteiger partial charge in [0.15, 0.2) is 17.3 Å². The van der Waals surface area contributed by atoms with E-state index in [1.807, 2.05) is 18.2 Å². The number of methoxy groups -OCH3 is 1. The van der Waals surface area contributed by atoms with E-state index in [0.717, 1.165) is 23.6 Å². The van der Waals surface area contributed by atoms with Crippen LogP contribution in [0.4, 0.5) is 0 Å². The predicted molar refractivity (Wildman–Crippen MR) is 107 cm³/mol. The summed E-state index contributed by atoms with van der Waals surface area (Å²) in [5.74, 6) is 2.80. The molecule has 26 heavy (non-hydrogen) atoms. The molecule has 0 unspecified atom stereocenters. The van der Waals surface area contributed by atoms with Gasteiger partial charge in [-0.2, -0.15) is 14.9 Å². The van der Waals surface area contributed by atoms with E-state index < -0.39 is 0 Å². The minimum absolute atomic E-state index is 0.170. The number of ether oxygens (including phenoxy) is 2. The van der Waals surface area contributed by atoms with Gasteiger partial charge in [-0.05, 0) is 48.3 Å². The first kappa shape index (κ1) is 20.2. The van der Waals surface area contributed by atoms with Crippen molar-refractivity contribution in [1.82, 2.24) is 14.9 Å². The van der Waals surface area contributed by atoms with Crippen LogP contribution < -0.4 is 9.47 Å². The molecule has 0 amide bonds. The molecule has 142 valence electrons. The molecule has 0 fully saturated rings. The summed E-state index contributed by atoms with van der Waals surface area (Å²) < 4.78 is 13.4. The maximum Gasteiger partial charge on any atom is 0.216 e. The van der Waals surface area contributed by atoms with Crippen molar-refractivity contribution in [2.45, 2.75) is 46.5 Å². The second kappa shape index (κ2) is 8.49. The van der Waals surface area contributed by atoms with Crippen LogP contribution >= 0.6 is 12.2 Å². The third-order valence-corrected chi connectivity index (χ3v) is 4.05. The van der Waals surface area contributed by atoms with Crippen LogP contribution in [-0.4, -0.2) is 34.8 Å². The number of nitrogens with one attached hydrogen (secondary N) is 1. The first-order chi connectivity index (χ1) is 12.2. The van der Waals surface area contributed by atoms with Gasteiger partial charge in [-0.3, -0.25) is 5.10 Å². The second-order valence-corrected chi connectivity index (χ2v) is 7.99. The van der Waals surface area contributed by atoms with Crippen molar-refractivity contribution in [3.8, 4) is 11.5 Å². The highest BCUT2D eigenvalue weighted by atomic mass is 32.1. The van der Waals surface area contributed by atoms with Crippen LogP contribution in [0, 0.1) is 10.7 Å². The maximum atomic E-state index is 5.82. The largest absolute Gasteiger partial charge is 0.493 e. The smallest absolute Gasteiger partial charge is 0.216 e. The third kappa shape index (κ3) is 5.17. The third-order valence-electron chi connectivity index (χ3n) is 3.78. The Labute approximate surface area is 160 Å². The standard InChI is InChI=1S/C19H28N4O2S/c1-13(2)9-10-25-15-8-7-14(11-16(15)24-6)12-20-23-17(19(3,4)5)21-22-18(23)26/h7-8,11-13H,9-10H2,1-6H3,(H,22,26)/b20-12-. The number of aromatic amines is 1. The van der Waals surface area contributed by atoms with Gasteiger partial charge in [0.1, 0.15) is 0 Å². The van der Waals surface area contributed by atoms with Crippen molar-refractivity contribution in [1.29, 1.82) is 0 Å². The van der Waals surface area contributed by atoms with Crippen LogP contribution in [0.5, 0.6) is 11.5 Å². The number of rotatable bonds is 7. The zero-order chi connectivity index (χ0) is 19.3. The lowest BCUT2D eigenvalue weighted by Crippen LogP contribution is -2.17. The van der Waals surface area contributed by atoms with Crippen LogP contribution in [0.1, 0.15) is 52.4 Å². The lowest BCUT2D eigenvalue weighted by Gasteiger charge is -2.16. The average Bonchev–Trinajstić information content (AvgIpc) is 2.94. The quantitative estimate of drug-likeness (QED) is 0.568. The summed E-state index contributed by atoms with van der Waals surface area (Å²) in [6.07, 6.45) is 2.74. The van der Waals surface area contributed by atoms with E-state index in [9.17, 15) is 0 Å². The van der Waals surface area contributed by atoms with Gasteiger partial charge in [-0.25, -0.2) is 0 Å². The molecule has 6 nitrogen and oxygen atoms in total. The molecule has 1 heterocycles. The normalized spacial score (nSPS) is 12.1. The summed E-state index contributed by atoms with van der Waals surface area (Å²) in [6, 6.07) is 5.74. The highest BCUT2D eigenvalue weighted by Gasteiger charge is 2.21.